The molecule has 1 saturated carbocycles. The zero-order valence-electron chi connectivity index (χ0n) is 10.0. The zero-order chi connectivity index (χ0) is 12.4. The molecule has 3 nitrogen and oxygen atoms in total. The normalized spacial score (nSPS) is 25.5. The van der Waals surface area contributed by atoms with Crippen LogP contribution in [0.3, 0.4) is 0 Å². The average Bonchev–Trinajstić information content (AvgIpc) is 2.52. The SMILES string of the molecule is CC1CCCC(n2cc(Cl)cc2C(=O)O)CC1. The van der Waals surface area contributed by atoms with Crippen LogP contribution in [0.25, 0.3) is 0 Å². The molecule has 0 spiro atoms. The molecule has 1 N–H and O–H groups in total. The van der Waals surface area contributed by atoms with Crippen molar-refractivity contribution in [2.75, 3.05) is 0 Å². The van der Waals surface area contributed by atoms with Crippen LogP contribution in [0.1, 0.15) is 55.6 Å². The second-order valence-electron chi connectivity index (χ2n) is 5.02. The number of carboxylic acid groups (broad SMARTS) is 1. The lowest BCUT2D eigenvalue weighted by Crippen LogP contribution is -2.13. The molecule has 2 atom stereocenters. The van der Waals surface area contributed by atoms with Gasteiger partial charge in [0.1, 0.15) is 5.69 Å². The van der Waals surface area contributed by atoms with Gasteiger partial charge < -0.3 is 9.67 Å². The third-order valence-corrected chi connectivity index (χ3v) is 3.86. The van der Waals surface area contributed by atoms with Gasteiger partial charge in [-0.15, -0.1) is 0 Å². The highest BCUT2D eigenvalue weighted by atomic mass is 35.5. The number of hydrogen-bond acceptors (Lipinski definition) is 1. The highest BCUT2D eigenvalue weighted by Gasteiger charge is 2.22. The molecule has 94 valence electrons. The van der Waals surface area contributed by atoms with Crippen molar-refractivity contribution in [2.24, 2.45) is 5.92 Å². The van der Waals surface area contributed by atoms with E-state index in [0.717, 1.165) is 18.8 Å². The van der Waals surface area contributed by atoms with Crippen LogP contribution in [0.4, 0.5) is 0 Å². The third-order valence-electron chi connectivity index (χ3n) is 3.65. The van der Waals surface area contributed by atoms with Crippen molar-refractivity contribution in [1.29, 1.82) is 0 Å². The van der Waals surface area contributed by atoms with Gasteiger partial charge in [0.15, 0.2) is 0 Å². The first-order chi connectivity index (χ1) is 8.08. The van der Waals surface area contributed by atoms with Crippen molar-refractivity contribution < 1.29 is 9.90 Å². The van der Waals surface area contributed by atoms with E-state index in [-0.39, 0.29) is 0 Å². The van der Waals surface area contributed by atoms with Crippen LogP contribution in [-0.4, -0.2) is 15.6 Å². The molecule has 0 amide bonds. The van der Waals surface area contributed by atoms with Crippen molar-refractivity contribution >= 4 is 17.6 Å². The Morgan fingerprint density at radius 3 is 2.88 bits per heavy atom. The smallest absolute Gasteiger partial charge is 0.352 e. The molecule has 2 unspecified atom stereocenters. The van der Waals surface area contributed by atoms with Gasteiger partial charge >= 0.3 is 5.97 Å². The van der Waals surface area contributed by atoms with Crippen LogP contribution in [0.15, 0.2) is 12.3 Å². The molecule has 1 aliphatic rings. The Morgan fingerprint density at radius 1 is 1.41 bits per heavy atom. The van der Waals surface area contributed by atoms with Gasteiger partial charge in [-0.1, -0.05) is 31.4 Å². The van der Waals surface area contributed by atoms with E-state index in [9.17, 15) is 4.79 Å². The van der Waals surface area contributed by atoms with Gasteiger partial charge in [-0.25, -0.2) is 4.79 Å². The second-order valence-corrected chi connectivity index (χ2v) is 5.46. The summed E-state index contributed by atoms with van der Waals surface area (Å²) < 4.78 is 1.85. The summed E-state index contributed by atoms with van der Waals surface area (Å²) in [5.74, 6) is -0.145. The molecule has 1 heterocycles. The first kappa shape index (κ1) is 12.5. The lowest BCUT2D eigenvalue weighted by molar-refractivity contribution is 0.0682. The lowest BCUT2D eigenvalue weighted by Gasteiger charge is -2.18. The molecule has 0 aliphatic heterocycles. The van der Waals surface area contributed by atoms with Crippen molar-refractivity contribution in [3.8, 4) is 0 Å². The molecule has 1 aromatic heterocycles. The maximum Gasteiger partial charge on any atom is 0.352 e. The summed E-state index contributed by atoms with van der Waals surface area (Å²) in [7, 11) is 0. The Morgan fingerprint density at radius 2 is 2.18 bits per heavy atom. The Balaban J connectivity index is 2.23. The van der Waals surface area contributed by atoms with Crippen molar-refractivity contribution in [3.63, 3.8) is 0 Å². The topological polar surface area (TPSA) is 42.2 Å². The van der Waals surface area contributed by atoms with E-state index in [4.69, 9.17) is 16.7 Å². The summed E-state index contributed by atoms with van der Waals surface area (Å²) >= 11 is 5.91. The molecule has 0 saturated heterocycles. The van der Waals surface area contributed by atoms with Crippen molar-refractivity contribution in [1.82, 2.24) is 4.57 Å². The van der Waals surface area contributed by atoms with Crippen molar-refractivity contribution in [3.05, 3.63) is 23.0 Å². The zero-order valence-corrected chi connectivity index (χ0v) is 10.8. The molecule has 1 aromatic rings. The molecule has 0 radical (unpaired) electrons. The maximum absolute atomic E-state index is 11.1. The number of halogens is 1. The summed E-state index contributed by atoms with van der Waals surface area (Å²) in [5, 5.41) is 9.67. The minimum Gasteiger partial charge on any atom is -0.477 e. The molecule has 1 fully saturated rings. The predicted octanol–water partition coefficient (Wildman–Crippen LogP) is 3.98. The molecule has 1 aliphatic carbocycles. The summed E-state index contributed by atoms with van der Waals surface area (Å²) in [5.41, 5.74) is 0.314. The molecule has 0 bridgehead atoms. The second kappa shape index (κ2) is 5.13. The van der Waals surface area contributed by atoms with E-state index in [1.807, 2.05) is 4.57 Å². The van der Waals surface area contributed by atoms with Gasteiger partial charge in [-0.3, -0.25) is 0 Å². The number of nitrogens with zero attached hydrogens (tertiary/aromatic N) is 1. The van der Waals surface area contributed by atoms with Gasteiger partial charge in [-0.2, -0.15) is 0 Å². The predicted molar refractivity (Wildman–Crippen MR) is 67.7 cm³/mol. The number of carboxylic acids is 1. The first-order valence-corrected chi connectivity index (χ1v) is 6.56. The summed E-state index contributed by atoms with van der Waals surface area (Å²) in [6.45, 7) is 2.27. The van der Waals surface area contributed by atoms with Gasteiger partial charge in [0.25, 0.3) is 0 Å². The number of aromatic nitrogens is 1. The van der Waals surface area contributed by atoms with E-state index in [1.54, 1.807) is 6.20 Å². The lowest BCUT2D eigenvalue weighted by atomic mass is 10.0. The molecule has 17 heavy (non-hydrogen) atoms. The highest BCUT2D eigenvalue weighted by Crippen LogP contribution is 2.32. The van der Waals surface area contributed by atoms with Gasteiger partial charge in [0, 0.05) is 12.2 Å². The molecule has 2 rings (SSSR count). The van der Waals surface area contributed by atoms with Crippen LogP contribution < -0.4 is 0 Å². The minimum absolute atomic E-state index is 0.290. The quantitative estimate of drug-likeness (QED) is 0.812. The fourth-order valence-electron chi connectivity index (χ4n) is 2.66. The number of hydrogen-bond donors (Lipinski definition) is 1. The first-order valence-electron chi connectivity index (χ1n) is 6.18. The van der Waals surface area contributed by atoms with E-state index in [2.05, 4.69) is 6.92 Å². The fraction of sp³-hybridized carbons (Fsp3) is 0.615. The number of aromatic carboxylic acids is 1. The highest BCUT2D eigenvalue weighted by molar-refractivity contribution is 6.30. The number of carbonyl (C=O) groups is 1. The van der Waals surface area contributed by atoms with Crippen LogP contribution in [0.2, 0.25) is 5.02 Å². The summed E-state index contributed by atoms with van der Waals surface area (Å²) in [6.07, 6.45) is 7.43. The van der Waals surface area contributed by atoms with E-state index in [0.29, 0.717) is 16.8 Å². The van der Waals surface area contributed by atoms with Crippen LogP contribution in [0.5, 0.6) is 0 Å². The molecular formula is C13H18ClNO2. The Kier molecular flexibility index (Phi) is 3.77. The summed E-state index contributed by atoms with van der Waals surface area (Å²) in [4.78, 5) is 11.1. The van der Waals surface area contributed by atoms with E-state index in [1.165, 1.54) is 25.3 Å². The number of rotatable bonds is 2. The average molecular weight is 256 g/mol. The van der Waals surface area contributed by atoms with E-state index >= 15 is 0 Å². The monoisotopic (exact) mass is 255 g/mol. The van der Waals surface area contributed by atoms with Gasteiger partial charge in [0.2, 0.25) is 0 Å². The molecule has 4 heteroatoms. The van der Waals surface area contributed by atoms with Crippen LogP contribution in [-0.2, 0) is 0 Å². The maximum atomic E-state index is 11.1. The molecular weight excluding hydrogens is 238 g/mol. The minimum atomic E-state index is -0.894. The Bertz CT molecular complexity index is 414. The fourth-order valence-corrected chi connectivity index (χ4v) is 2.87. The largest absolute Gasteiger partial charge is 0.477 e. The standard InChI is InChI=1S/C13H18ClNO2/c1-9-3-2-4-11(6-5-9)15-8-10(14)7-12(15)13(16)17/h7-9,11H,2-6H2,1H3,(H,16,17). The van der Waals surface area contributed by atoms with Gasteiger partial charge in [-0.05, 0) is 31.2 Å². The van der Waals surface area contributed by atoms with Gasteiger partial charge in [0.05, 0.1) is 5.02 Å². The van der Waals surface area contributed by atoms with Crippen molar-refractivity contribution in [2.45, 2.75) is 45.1 Å². The Hall–Kier alpha value is -0.960. The van der Waals surface area contributed by atoms with Crippen LogP contribution in [0, 0.1) is 5.92 Å². The summed E-state index contributed by atoms with van der Waals surface area (Å²) in [6, 6.07) is 1.83. The van der Waals surface area contributed by atoms with E-state index < -0.39 is 5.97 Å². The van der Waals surface area contributed by atoms with Crippen LogP contribution >= 0.6 is 11.6 Å². The third kappa shape index (κ3) is 2.83. The molecule has 0 aromatic carbocycles. The Labute approximate surface area is 106 Å².